The van der Waals surface area contributed by atoms with Crippen LogP contribution in [-0.4, -0.2) is 39.5 Å². The molecular weight excluding hydrogens is 222 g/mol. The predicted molar refractivity (Wildman–Crippen MR) is 62.0 cm³/mol. The first kappa shape index (κ1) is 13.6. The predicted octanol–water partition coefficient (Wildman–Crippen LogP) is -0.595. The van der Waals surface area contributed by atoms with Crippen LogP contribution in [0.25, 0.3) is 0 Å². The highest BCUT2D eigenvalue weighted by Crippen LogP contribution is 2.01. The quantitative estimate of drug-likeness (QED) is 0.552. The van der Waals surface area contributed by atoms with E-state index in [0.29, 0.717) is 0 Å². The van der Waals surface area contributed by atoms with E-state index in [1.807, 2.05) is 30.3 Å². The fourth-order valence-corrected chi connectivity index (χ4v) is 1.31. The van der Waals surface area contributed by atoms with E-state index in [0.717, 1.165) is 5.56 Å². The van der Waals surface area contributed by atoms with Crippen LogP contribution in [0, 0.1) is 0 Å². The van der Waals surface area contributed by atoms with Crippen molar-refractivity contribution >= 4 is 5.91 Å². The molecule has 1 aromatic rings. The highest BCUT2D eigenvalue weighted by atomic mass is 16.4. The molecule has 3 atom stereocenters. The molecule has 0 radical (unpaired) electrons. The lowest BCUT2D eigenvalue weighted by atomic mass is 10.1. The van der Waals surface area contributed by atoms with Gasteiger partial charge in [-0.2, -0.15) is 0 Å². The van der Waals surface area contributed by atoms with Gasteiger partial charge in [0.25, 0.3) is 5.91 Å². The molecule has 0 spiro atoms. The van der Waals surface area contributed by atoms with Gasteiger partial charge in [-0.1, -0.05) is 30.3 Å². The van der Waals surface area contributed by atoms with E-state index in [4.69, 9.17) is 5.11 Å². The second-order valence-corrected chi connectivity index (χ2v) is 3.88. The molecule has 0 aromatic heterocycles. The van der Waals surface area contributed by atoms with Gasteiger partial charge in [0.2, 0.25) is 0 Å². The number of carbonyl (C=O) groups excluding carboxylic acids is 1. The smallest absolute Gasteiger partial charge is 0.251 e. The van der Waals surface area contributed by atoms with Gasteiger partial charge < -0.3 is 20.6 Å². The number of nitrogens with one attached hydrogen (secondary N) is 1. The molecule has 0 fully saturated rings. The van der Waals surface area contributed by atoms with E-state index < -0.39 is 24.2 Å². The molecule has 5 nitrogen and oxygen atoms in total. The fraction of sp³-hybridized carbons (Fsp3) is 0.417. The monoisotopic (exact) mass is 239 g/mol. The zero-order valence-electron chi connectivity index (χ0n) is 9.58. The summed E-state index contributed by atoms with van der Waals surface area (Å²) in [4.78, 5) is 11.4. The molecule has 0 aliphatic rings. The van der Waals surface area contributed by atoms with Crippen molar-refractivity contribution < 1.29 is 20.1 Å². The minimum absolute atomic E-state index is 0.267. The Hall–Kier alpha value is -1.43. The normalized spacial score (nSPS) is 16.0. The Morgan fingerprint density at radius 3 is 2.35 bits per heavy atom. The Morgan fingerprint density at radius 1 is 1.24 bits per heavy atom. The third-order valence-corrected chi connectivity index (χ3v) is 2.40. The van der Waals surface area contributed by atoms with Gasteiger partial charge in [0, 0.05) is 6.54 Å². The summed E-state index contributed by atoms with van der Waals surface area (Å²) in [6.07, 6.45) is -4.27. The van der Waals surface area contributed by atoms with Crippen LogP contribution in [0.4, 0.5) is 0 Å². The molecule has 0 bridgehead atoms. The number of aliphatic hydroxyl groups is 3. The van der Waals surface area contributed by atoms with Crippen LogP contribution in [0.5, 0.6) is 0 Å². The Labute approximate surface area is 99.7 Å². The van der Waals surface area contributed by atoms with E-state index in [1.165, 1.54) is 6.92 Å². The summed E-state index contributed by atoms with van der Waals surface area (Å²) in [5, 5.41) is 30.2. The molecule has 1 rings (SSSR count). The van der Waals surface area contributed by atoms with Crippen molar-refractivity contribution in [3.05, 3.63) is 35.9 Å². The highest BCUT2D eigenvalue weighted by Gasteiger charge is 2.27. The molecule has 3 unspecified atom stereocenters. The number of hydrogen-bond donors (Lipinski definition) is 4. The van der Waals surface area contributed by atoms with Gasteiger partial charge in [-0.25, -0.2) is 0 Å². The summed E-state index contributed by atoms with van der Waals surface area (Å²) in [5.41, 5.74) is 0.889. The van der Waals surface area contributed by atoms with Gasteiger partial charge in [0.1, 0.15) is 6.10 Å². The standard InChI is InChI=1S/C12H17NO4/c1-8(14)10(15)11(16)12(17)13-7-9-5-3-2-4-6-9/h2-6,8,10-11,14-16H,7H2,1H3,(H,13,17). The van der Waals surface area contributed by atoms with Crippen LogP contribution >= 0.6 is 0 Å². The zero-order chi connectivity index (χ0) is 12.8. The number of benzene rings is 1. The van der Waals surface area contributed by atoms with Gasteiger partial charge in [0.05, 0.1) is 6.10 Å². The maximum absolute atomic E-state index is 11.4. The molecule has 5 heteroatoms. The van der Waals surface area contributed by atoms with Crippen LogP contribution < -0.4 is 5.32 Å². The van der Waals surface area contributed by atoms with Crippen molar-refractivity contribution in [2.45, 2.75) is 31.8 Å². The summed E-state index contributed by atoms with van der Waals surface area (Å²) in [7, 11) is 0. The lowest BCUT2D eigenvalue weighted by Gasteiger charge is -2.19. The average Bonchev–Trinajstić information content (AvgIpc) is 2.35. The van der Waals surface area contributed by atoms with Crippen molar-refractivity contribution in [2.75, 3.05) is 0 Å². The molecule has 0 aliphatic carbocycles. The average molecular weight is 239 g/mol. The molecule has 0 saturated heterocycles. The van der Waals surface area contributed by atoms with Crippen molar-refractivity contribution in [1.82, 2.24) is 5.32 Å². The van der Waals surface area contributed by atoms with E-state index in [9.17, 15) is 15.0 Å². The fourth-order valence-electron chi connectivity index (χ4n) is 1.31. The van der Waals surface area contributed by atoms with Crippen molar-refractivity contribution in [3.63, 3.8) is 0 Å². The molecule has 94 valence electrons. The molecule has 4 N–H and O–H groups in total. The Morgan fingerprint density at radius 2 is 1.82 bits per heavy atom. The molecule has 1 amide bonds. The highest BCUT2D eigenvalue weighted by molar-refractivity contribution is 5.81. The van der Waals surface area contributed by atoms with Crippen LogP contribution in [0.3, 0.4) is 0 Å². The zero-order valence-corrected chi connectivity index (χ0v) is 9.58. The van der Waals surface area contributed by atoms with Gasteiger partial charge >= 0.3 is 0 Å². The number of aliphatic hydroxyl groups excluding tert-OH is 3. The van der Waals surface area contributed by atoms with Gasteiger partial charge in [0.15, 0.2) is 6.10 Å². The third-order valence-electron chi connectivity index (χ3n) is 2.40. The molecule has 0 heterocycles. The molecular formula is C12H17NO4. The SMILES string of the molecule is CC(O)C(O)C(O)C(=O)NCc1ccccc1. The molecule has 0 aliphatic heterocycles. The first-order valence-electron chi connectivity index (χ1n) is 5.38. The lowest BCUT2D eigenvalue weighted by Crippen LogP contribution is -2.46. The Kier molecular flexibility index (Phi) is 5.09. The van der Waals surface area contributed by atoms with Gasteiger partial charge in [-0.15, -0.1) is 0 Å². The number of rotatable bonds is 5. The second-order valence-electron chi connectivity index (χ2n) is 3.88. The van der Waals surface area contributed by atoms with Crippen LogP contribution in [0.15, 0.2) is 30.3 Å². The van der Waals surface area contributed by atoms with E-state index in [1.54, 1.807) is 0 Å². The largest absolute Gasteiger partial charge is 0.391 e. The van der Waals surface area contributed by atoms with Gasteiger partial charge in [-0.3, -0.25) is 4.79 Å². The Balaban J connectivity index is 2.45. The lowest BCUT2D eigenvalue weighted by molar-refractivity contribution is -0.140. The number of hydrogen-bond acceptors (Lipinski definition) is 4. The minimum Gasteiger partial charge on any atom is -0.391 e. The van der Waals surface area contributed by atoms with E-state index in [2.05, 4.69) is 5.32 Å². The van der Waals surface area contributed by atoms with Crippen molar-refractivity contribution in [1.29, 1.82) is 0 Å². The van der Waals surface area contributed by atoms with Gasteiger partial charge in [-0.05, 0) is 12.5 Å². The maximum atomic E-state index is 11.4. The first-order valence-corrected chi connectivity index (χ1v) is 5.38. The summed E-state index contributed by atoms with van der Waals surface area (Å²) >= 11 is 0. The van der Waals surface area contributed by atoms with Crippen molar-refractivity contribution in [3.8, 4) is 0 Å². The van der Waals surface area contributed by atoms with E-state index >= 15 is 0 Å². The van der Waals surface area contributed by atoms with Crippen LogP contribution in [-0.2, 0) is 11.3 Å². The molecule has 0 saturated carbocycles. The topological polar surface area (TPSA) is 89.8 Å². The molecule has 17 heavy (non-hydrogen) atoms. The number of carbonyl (C=O) groups is 1. The number of amides is 1. The van der Waals surface area contributed by atoms with Crippen LogP contribution in [0.2, 0.25) is 0 Å². The summed E-state index contributed by atoms with van der Waals surface area (Å²) < 4.78 is 0. The molecule has 1 aromatic carbocycles. The Bertz CT molecular complexity index is 353. The summed E-state index contributed by atoms with van der Waals surface area (Å²) in [6.45, 7) is 1.57. The first-order chi connectivity index (χ1) is 8.02. The third kappa shape index (κ3) is 4.14. The van der Waals surface area contributed by atoms with E-state index in [-0.39, 0.29) is 6.54 Å². The second kappa shape index (κ2) is 6.34. The van der Waals surface area contributed by atoms with Crippen LogP contribution in [0.1, 0.15) is 12.5 Å². The summed E-state index contributed by atoms with van der Waals surface area (Å²) in [6, 6.07) is 9.19. The van der Waals surface area contributed by atoms with Crippen molar-refractivity contribution in [2.24, 2.45) is 0 Å². The maximum Gasteiger partial charge on any atom is 0.251 e. The summed E-state index contributed by atoms with van der Waals surface area (Å²) in [5.74, 6) is -0.706. The minimum atomic E-state index is -1.63.